The summed E-state index contributed by atoms with van der Waals surface area (Å²) in [6.07, 6.45) is 10.7. The van der Waals surface area contributed by atoms with Gasteiger partial charge >= 0.3 is 5.97 Å². The van der Waals surface area contributed by atoms with E-state index in [1.54, 1.807) is 12.2 Å². The fraction of sp³-hybridized carbons (Fsp3) is 0.538. The molecule has 1 amide bonds. The topological polar surface area (TPSA) is 66.4 Å². The van der Waals surface area contributed by atoms with E-state index in [1.807, 2.05) is 6.08 Å². The summed E-state index contributed by atoms with van der Waals surface area (Å²) in [7, 11) is 0. The van der Waals surface area contributed by atoms with Crippen molar-refractivity contribution in [2.24, 2.45) is 11.8 Å². The van der Waals surface area contributed by atoms with Gasteiger partial charge in [-0.3, -0.25) is 9.59 Å². The summed E-state index contributed by atoms with van der Waals surface area (Å²) in [6.45, 7) is 0. The molecule has 0 saturated carbocycles. The van der Waals surface area contributed by atoms with Gasteiger partial charge in [0.15, 0.2) is 0 Å². The number of aliphatic carboxylic acids is 1. The van der Waals surface area contributed by atoms with E-state index in [2.05, 4.69) is 11.4 Å². The van der Waals surface area contributed by atoms with Crippen LogP contribution in [0.3, 0.4) is 0 Å². The lowest BCUT2D eigenvalue weighted by atomic mass is 9.93. The molecule has 4 heteroatoms. The van der Waals surface area contributed by atoms with Gasteiger partial charge in [-0.25, -0.2) is 0 Å². The predicted molar refractivity (Wildman–Crippen MR) is 63.3 cm³/mol. The van der Waals surface area contributed by atoms with E-state index in [-0.39, 0.29) is 17.9 Å². The Morgan fingerprint density at radius 2 is 2.06 bits per heavy atom. The summed E-state index contributed by atoms with van der Waals surface area (Å²) in [5.41, 5.74) is 0. The molecule has 2 N–H and O–H groups in total. The molecule has 0 fully saturated rings. The van der Waals surface area contributed by atoms with Crippen molar-refractivity contribution in [2.75, 3.05) is 0 Å². The number of carboxylic acid groups (broad SMARTS) is 1. The smallest absolute Gasteiger partial charge is 0.310 e. The molecule has 2 aliphatic carbocycles. The number of carbonyl (C=O) groups excluding carboxylic acids is 1. The van der Waals surface area contributed by atoms with Crippen molar-refractivity contribution < 1.29 is 14.7 Å². The standard InChI is InChI=1S/C13H17NO3/c15-12(9-4-2-1-3-5-9)14-11-7-6-10(8-11)13(16)17/h1-2,6-7,9-11H,3-5,8H2,(H,14,15)(H,16,17). The Hall–Kier alpha value is -1.58. The van der Waals surface area contributed by atoms with Gasteiger partial charge in [-0.1, -0.05) is 24.3 Å². The van der Waals surface area contributed by atoms with Crippen LogP contribution in [0.5, 0.6) is 0 Å². The largest absolute Gasteiger partial charge is 0.481 e. The molecule has 0 aromatic heterocycles. The average molecular weight is 235 g/mol. The van der Waals surface area contributed by atoms with Crippen LogP contribution in [0.2, 0.25) is 0 Å². The molecule has 0 saturated heterocycles. The second-order valence-corrected chi connectivity index (χ2v) is 4.66. The van der Waals surface area contributed by atoms with Crippen LogP contribution in [0, 0.1) is 11.8 Å². The molecule has 4 nitrogen and oxygen atoms in total. The van der Waals surface area contributed by atoms with Crippen LogP contribution in [-0.4, -0.2) is 23.0 Å². The molecule has 92 valence electrons. The maximum Gasteiger partial charge on any atom is 0.310 e. The zero-order chi connectivity index (χ0) is 12.3. The van der Waals surface area contributed by atoms with Gasteiger partial charge in [-0.05, 0) is 25.7 Å². The second kappa shape index (κ2) is 5.17. The van der Waals surface area contributed by atoms with E-state index in [9.17, 15) is 9.59 Å². The summed E-state index contributed by atoms with van der Waals surface area (Å²) >= 11 is 0. The molecule has 0 aliphatic heterocycles. The van der Waals surface area contributed by atoms with Crippen LogP contribution in [0.4, 0.5) is 0 Å². The van der Waals surface area contributed by atoms with E-state index in [4.69, 9.17) is 5.11 Å². The summed E-state index contributed by atoms with van der Waals surface area (Å²) in [6, 6.07) is -0.116. The van der Waals surface area contributed by atoms with Crippen LogP contribution < -0.4 is 5.32 Å². The first-order chi connectivity index (χ1) is 8.16. The van der Waals surface area contributed by atoms with Crippen molar-refractivity contribution in [1.82, 2.24) is 5.32 Å². The van der Waals surface area contributed by atoms with Gasteiger partial charge in [0.2, 0.25) is 5.91 Å². The molecule has 3 atom stereocenters. The van der Waals surface area contributed by atoms with Gasteiger partial charge in [0.25, 0.3) is 0 Å². The maximum absolute atomic E-state index is 11.9. The maximum atomic E-state index is 11.9. The molecular formula is C13H17NO3. The Morgan fingerprint density at radius 3 is 2.65 bits per heavy atom. The molecule has 0 heterocycles. The SMILES string of the molecule is O=C(O)C1C=CC(NC(=O)C2CC=CCC2)C1. The lowest BCUT2D eigenvalue weighted by Crippen LogP contribution is -2.38. The van der Waals surface area contributed by atoms with Crippen molar-refractivity contribution in [1.29, 1.82) is 0 Å². The molecule has 0 aromatic rings. The fourth-order valence-electron chi connectivity index (χ4n) is 2.32. The molecule has 2 aliphatic rings. The minimum Gasteiger partial charge on any atom is -0.481 e. The highest BCUT2D eigenvalue weighted by molar-refractivity contribution is 5.80. The summed E-state index contributed by atoms with van der Waals surface area (Å²) in [4.78, 5) is 22.7. The predicted octanol–water partition coefficient (Wildman–Crippen LogP) is 1.49. The van der Waals surface area contributed by atoms with Crippen molar-refractivity contribution in [3.8, 4) is 0 Å². The van der Waals surface area contributed by atoms with E-state index in [0.29, 0.717) is 6.42 Å². The first-order valence-corrected chi connectivity index (χ1v) is 6.03. The summed E-state index contributed by atoms with van der Waals surface area (Å²) in [5, 5.41) is 11.8. The number of amides is 1. The molecule has 3 unspecified atom stereocenters. The van der Waals surface area contributed by atoms with Crippen LogP contribution >= 0.6 is 0 Å². The monoisotopic (exact) mass is 235 g/mol. The second-order valence-electron chi connectivity index (χ2n) is 4.66. The first kappa shape index (κ1) is 11.9. The Balaban J connectivity index is 1.82. The number of hydrogen-bond donors (Lipinski definition) is 2. The van der Waals surface area contributed by atoms with Crippen molar-refractivity contribution in [2.45, 2.75) is 31.7 Å². The van der Waals surface area contributed by atoms with E-state index in [1.165, 1.54) is 0 Å². The summed E-state index contributed by atoms with van der Waals surface area (Å²) < 4.78 is 0. The summed E-state index contributed by atoms with van der Waals surface area (Å²) in [5.74, 6) is -1.17. The van der Waals surface area contributed by atoms with Gasteiger partial charge in [0.05, 0.1) is 5.92 Å². The van der Waals surface area contributed by atoms with E-state index >= 15 is 0 Å². The van der Waals surface area contributed by atoms with Gasteiger partial charge < -0.3 is 10.4 Å². The Morgan fingerprint density at radius 1 is 1.24 bits per heavy atom. The molecular weight excluding hydrogens is 218 g/mol. The lowest BCUT2D eigenvalue weighted by molar-refractivity contribution is -0.140. The number of rotatable bonds is 3. The van der Waals surface area contributed by atoms with Gasteiger partial charge in [0, 0.05) is 12.0 Å². The van der Waals surface area contributed by atoms with Gasteiger partial charge in [0.1, 0.15) is 0 Å². The minimum absolute atomic E-state index is 0.0510. The number of allylic oxidation sites excluding steroid dienone is 2. The minimum atomic E-state index is -0.821. The third-order valence-electron chi connectivity index (χ3n) is 3.37. The van der Waals surface area contributed by atoms with Crippen LogP contribution in [0.1, 0.15) is 25.7 Å². The van der Waals surface area contributed by atoms with Crippen molar-refractivity contribution in [3.05, 3.63) is 24.3 Å². The Labute approximate surface area is 100 Å². The number of carboxylic acids is 1. The average Bonchev–Trinajstić information content (AvgIpc) is 2.79. The highest BCUT2D eigenvalue weighted by atomic mass is 16.4. The highest BCUT2D eigenvalue weighted by Gasteiger charge is 2.27. The molecule has 2 rings (SSSR count). The van der Waals surface area contributed by atoms with Crippen LogP contribution in [0.15, 0.2) is 24.3 Å². The normalized spacial score (nSPS) is 31.4. The Bertz CT molecular complexity index is 373. The first-order valence-electron chi connectivity index (χ1n) is 6.03. The van der Waals surface area contributed by atoms with Gasteiger partial charge in [-0.2, -0.15) is 0 Å². The number of carbonyl (C=O) groups is 2. The molecule has 0 bridgehead atoms. The lowest BCUT2D eigenvalue weighted by Gasteiger charge is -2.20. The molecule has 0 spiro atoms. The van der Waals surface area contributed by atoms with Gasteiger partial charge in [-0.15, -0.1) is 0 Å². The molecule has 0 aromatic carbocycles. The van der Waals surface area contributed by atoms with Crippen molar-refractivity contribution >= 4 is 11.9 Å². The third kappa shape index (κ3) is 2.96. The fourth-order valence-corrected chi connectivity index (χ4v) is 2.32. The molecule has 0 radical (unpaired) electrons. The number of nitrogens with one attached hydrogen (secondary N) is 1. The number of hydrogen-bond acceptors (Lipinski definition) is 2. The molecule has 17 heavy (non-hydrogen) atoms. The zero-order valence-corrected chi connectivity index (χ0v) is 9.63. The third-order valence-corrected chi connectivity index (χ3v) is 3.37. The van der Waals surface area contributed by atoms with Crippen LogP contribution in [-0.2, 0) is 9.59 Å². The van der Waals surface area contributed by atoms with E-state index < -0.39 is 11.9 Å². The van der Waals surface area contributed by atoms with E-state index in [0.717, 1.165) is 19.3 Å². The van der Waals surface area contributed by atoms with Crippen LogP contribution in [0.25, 0.3) is 0 Å². The van der Waals surface area contributed by atoms with Crippen molar-refractivity contribution in [3.63, 3.8) is 0 Å². The highest BCUT2D eigenvalue weighted by Crippen LogP contribution is 2.21. The Kier molecular flexibility index (Phi) is 3.61. The zero-order valence-electron chi connectivity index (χ0n) is 9.63. The quantitative estimate of drug-likeness (QED) is 0.728.